The molecule has 1 amide bonds. The van der Waals surface area contributed by atoms with Gasteiger partial charge in [0.2, 0.25) is 0 Å². The third-order valence-electron chi connectivity index (χ3n) is 6.17. The molecule has 1 saturated carbocycles. The highest BCUT2D eigenvalue weighted by Crippen LogP contribution is 2.40. The number of morpholine rings is 1. The van der Waals surface area contributed by atoms with Crippen molar-refractivity contribution in [3.8, 4) is 0 Å². The minimum Gasteiger partial charge on any atom is -0.370 e. The molecule has 1 saturated heterocycles. The summed E-state index contributed by atoms with van der Waals surface area (Å²) < 4.78 is 5.48. The van der Waals surface area contributed by atoms with Gasteiger partial charge in [0, 0.05) is 29.1 Å². The van der Waals surface area contributed by atoms with Crippen molar-refractivity contribution in [3.05, 3.63) is 77.0 Å². The van der Waals surface area contributed by atoms with Gasteiger partial charge in [0.25, 0.3) is 5.91 Å². The Bertz CT molecular complexity index is 1060. The van der Waals surface area contributed by atoms with Crippen LogP contribution in [0.15, 0.2) is 54.6 Å². The zero-order valence-corrected chi connectivity index (χ0v) is 17.2. The van der Waals surface area contributed by atoms with Gasteiger partial charge in [-0.05, 0) is 30.5 Å². The number of hydrogen-bond donors (Lipinski definition) is 2. The number of amides is 1. The Morgan fingerprint density at radius 3 is 2.57 bits per heavy atom. The molecule has 1 aliphatic heterocycles. The van der Waals surface area contributed by atoms with Gasteiger partial charge in [0.05, 0.1) is 24.3 Å². The summed E-state index contributed by atoms with van der Waals surface area (Å²) in [6.07, 6.45) is 2.34. The highest BCUT2D eigenvalue weighted by molar-refractivity contribution is 6.06. The summed E-state index contributed by atoms with van der Waals surface area (Å²) in [7, 11) is 0. The SMILES string of the molecule is O=C(NCc1ccccc1C[NH+]1CCOCC1)c1cc(C2CC2)nc2ccccc12. The van der Waals surface area contributed by atoms with Gasteiger partial charge in [-0.1, -0.05) is 42.5 Å². The number of rotatable bonds is 6. The van der Waals surface area contributed by atoms with E-state index in [9.17, 15) is 4.79 Å². The Hall–Kier alpha value is -2.76. The van der Waals surface area contributed by atoms with Crippen LogP contribution in [0, 0.1) is 0 Å². The molecule has 1 aliphatic carbocycles. The lowest BCUT2D eigenvalue weighted by atomic mass is 10.0. The number of pyridine rings is 1. The predicted octanol–water partition coefficient (Wildman–Crippen LogP) is 2.46. The molecule has 5 nitrogen and oxygen atoms in total. The number of fused-ring (bicyclic) bond motifs is 1. The molecule has 5 rings (SSSR count). The molecule has 2 aromatic carbocycles. The van der Waals surface area contributed by atoms with E-state index in [-0.39, 0.29) is 5.91 Å². The van der Waals surface area contributed by atoms with E-state index in [1.807, 2.05) is 36.4 Å². The monoisotopic (exact) mass is 402 g/mol. The molecule has 3 aromatic rings. The molecule has 0 atom stereocenters. The Labute approximate surface area is 177 Å². The molecule has 2 aliphatic rings. The van der Waals surface area contributed by atoms with Gasteiger partial charge >= 0.3 is 0 Å². The van der Waals surface area contributed by atoms with E-state index in [0.717, 1.165) is 55.0 Å². The predicted molar refractivity (Wildman–Crippen MR) is 117 cm³/mol. The van der Waals surface area contributed by atoms with Crippen LogP contribution in [0.25, 0.3) is 10.9 Å². The number of nitrogens with zero attached hydrogens (tertiary/aromatic N) is 1. The standard InChI is InChI=1S/C25H27N3O2/c29-25(22-15-24(18-9-10-18)27-23-8-4-3-7-21(22)23)26-16-19-5-1-2-6-20(19)17-28-11-13-30-14-12-28/h1-8,15,18H,9-14,16-17H2,(H,26,29)/p+1. The number of benzene rings is 2. The summed E-state index contributed by atoms with van der Waals surface area (Å²) in [5.74, 6) is 0.488. The zero-order chi connectivity index (χ0) is 20.3. The quantitative estimate of drug-likeness (QED) is 0.666. The van der Waals surface area contributed by atoms with E-state index in [1.165, 1.54) is 28.9 Å². The molecule has 5 heteroatoms. The molecular formula is C25H28N3O2+. The molecule has 2 N–H and O–H groups in total. The van der Waals surface area contributed by atoms with Crippen molar-refractivity contribution in [1.29, 1.82) is 0 Å². The van der Waals surface area contributed by atoms with Gasteiger partial charge in [-0.3, -0.25) is 9.78 Å². The maximum absolute atomic E-state index is 13.2. The topological polar surface area (TPSA) is 55.7 Å². The summed E-state index contributed by atoms with van der Waals surface area (Å²) in [5, 5.41) is 4.09. The molecular weight excluding hydrogens is 374 g/mol. The lowest BCUT2D eigenvalue weighted by Crippen LogP contribution is -3.12. The van der Waals surface area contributed by atoms with Crippen LogP contribution in [0.3, 0.4) is 0 Å². The van der Waals surface area contributed by atoms with Gasteiger partial charge < -0.3 is 15.0 Å². The first-order valence-electron chi connectivity index (χ1n) is 10.9. The fourth-order valence-electron chi connectivity index (χ4n) is 4.25. The number of hydrogen-bond acceptors (Lipinski definition) is 3. The Morgan fingerprint density at radius 2 is 1.77 bits per heavy atom. The van der Waals surface area contributed by atoms with Crippen molar-refractivity contribution in [2.24, 2.45) is 0 Å². The average molecular weight is 403 g/mol. The molecule has 154 valence electrons. The molecule has 1 aromatic heterocycles. The second-order valence-electron chi connectivity index (χ2n) is 8.38. The van der Waals surface area contributed by atoms with Crippen molar-refractivity contribution in [2.45, 2.75) is 31.8 Å². The van der Waals surface area contributed by atoms with Crippen LogP contribution in [-0.4, -0.2) is 37.2 Å². The fourth-order valence-corrected chi connectivity index (χ4v) is 4.25. The van der Waals surface area contributed by atoms with Crippen molar-refractivity contribution in [1.82, 2.24) is 10.3 Å². The molecule has 0 bridgehead atoms. The summed E-state index contributed by atoms with van der Waals surface area (Å²) in [5.41, 5.74) is 5.18. The Morgan fingerprint density at radius 1 is 1.03 bits per heavy atom. The summed E-state index contributed by atoms with van der Waals surface area (Å²) in [6.45, 7) is 5.23. The maximum Gasteiger partial charge on any atom is 0.252 e. The van der Waals surface area contributed by atoms with E-state index in [4.69, 9.17) is 9.72 Å². The van der Waals surface area contributed by atoms with E-state index < -0.39 is 0 Å². The second-order valence-corrected chi connectivity index (χ2v) is 8.38. The van der Waals surface area contributed by atoms with E-state index in [0.29, 0.717) is 12.5 Å². The number of ether oxygens (including phenoxy) is 1. The normalized spacial score (nSPS) is 17.2. The number of para-hydroxylation sites is 1. The molecule has 30 heavy (non-hydrogen) atoms. The lowest BCUT2D eigenvalue weighted by molar-refractivity contribution is -0.921. The van der Waals surface area contributed by atoms with Crippen molar-refractivity contribution in [2.75, 3.05) is 26.3 Å². The smallest absolute Gasteiger partial charge is 0.252 e. The molecule has 0 spiro atoms. The van der Waals surface area contributed by atoms with Crippen molar-refractivity contribution < 1.29 is 14.4 Å². The maximum atomic E-state index is 13.2. The Balaban J connectivity index is 1.34. The third kappa shape index (κ3) is 4.23. The van der Waals surface area contributed by atoms with Gasteiger partial charge in [-0.2, -0.15) is 0 Å². The minimum absolute atomic E-state index is 0.0241. The second kappa shape index (κ2) is 8.54. The van der Waals surface area contributed by atoms with Crippen LogP contribution in [0.5, 0.6) is 0 Å². The Kier molecular flexibility index (Phi) is 5.47. The number of quaternary nitrogens is 1. The van der Waals surface area contributed by atoms with Gasteiger partial charge in [-0.25, -0.2) is 0 Å². The van der Waals surface area contributed by atoms with E-state index in [1.54, 1.807) is 0 Å². The average Bonchev–Trinajstić information content (AvgIpc) is 3.64. The van der Waals surface area contributed by atoms with Crippen LogP contribution < -0.4 is 10.2 Å². The molecule has 2 heterocycles. The molecule has 2 fully saturated rings. The third-order valence-corrected chi connectivity index (χ3v) is 6.17. The van der Waals surface area contributed by atoms with Crippen molar-refractivity contribution in [3.63, 3.8) is 0 Å². The van der Waals surface area contributed by atoms with Crippen LogP contribution in [0.4, 0.5) is 0 Å². The van der Waals surface area contributed by atoms with Gasteiger partial charge in [0.15, 0.2) is 0 Å². The highest BCUT2D eigenvalue weighted by Gasteiger charge is 2.27. The zero-order valence-electron chi connectivity index (χ0n) is 17.2. The lowest BCUT2D eigenvalue weighted by Gasteiger charge is -2.24. The van der Waals surface area contributed by atoms with E-state index in [2.05, 4.69) is 23.5 Å². The van der Waals surface area contributed by atoms with Gasteiger partial charge in [-0.15, -0.1) is 0 Å². The van der Waals surface area contributed by atoms with Crippen LogP contribution in [0.1, 0.15) is 45.9 Å². The van der Waals surface area contributed by atoms with Crippen molar-refractivity contribution >= 4 is 16.8 Å². The van der Waals surface area contributed by atoms with Crippen LogP contribution in [0.2, 0.25) is 0 Å². The largest absolute Gasteiger partial charge is 0.370 e. The molecule has 0 unspecified atom stereocenters. The summed E-state index contributed by atoms with van der Waals surface area (Å²) >= 11 is 0. The van der Waals surface area contributed by atoms with Crippen LogP contribution >= 0.6 is 0 Å². The van der Waals surface area contributed by atoms with Crippen LogP contribution in [-0.2, 0) is 17.8 Å². The molecule has 0 radical (unpaired) electrons. The summed E-state index contributed by atoms with van der Waals surface area (Å²) in [6, 6.07) is 18.4. The number of aromatic nitrogens is 1. The fraction of sp³-hybridized carbons (Fsp3) is 0.360. The number of nitrogens with one attached hydrogen (secondary N) is 2. The first-order chi connectivity index (χ1) is 14.8. The van der Waals surface area contributed by atoms with Gasteiger partial charge in [0.1, 0.15) is 19.6 Å². The highest BCUT2D eigenvalue weighted by atomic mass is 16.5. The summed E-state index contributed by atoms with van der Waals surface area (Å²) in [4.78, 5) is 19.5. The first-order valence-corrected chi connectivity index (χ1v) is 10.9. The number of carbonyl (C=O) groups is 1. The number of carbonyl (C=O) groups excluding carboxylic acids is 1. The first kappa shape index (κ1) is 19.2. The minimum atomic E-state index is -0.0241. The van der Waals surface area contributed by atoms with E-state index >= 15 is 0 Å².